The Kier molecular flexibility index (Phi) is 5.18. The Morgan fingerprint density at radius 2 is 1.57 bits per heavy atom. The van der Waals surface area contributed by atoms with Crippen LogP contribution in [0.4, 0.5) is 5.82 Å². The van der Waals surface area contributed by atoms with E-state index >= 15 is 0 Å². The summed E-state index contributed by atoms with van der Waals surface area (Å²) in [5.41, 5.74) is 0.859. The highest BCUT2D eigenvalue weighted by atomic mass is 32.2. The minimum absolute atomic E-state index is 0.407. The topological polar surface area (TPSA) is 84.2 Å². The van der Waals surface area contributed by atoms with Crippen LogP contribution in [0, 0.1) is 0 Å². The van der Waals surface area contributed by atoms with Crippen LogP contribution in [0.15, 0.2) is 66.3 Å². The standard InChI is InChI=1S/C19H20N6O2S/c26-28(27,16-9-17-5-2-1-3-6-17)24-14-12-23(13-15-24)18-7-8-19(22-21-18)25-11-4-10-20-25/h1-11,16H,12-15H2/b16-9+. The number of anilines is 1. The molecule has 0 spiro atoms. The molecular formula is C19H20N6O2S. The number of benzene rings is 1. The molecule has 9 heteroatoms. The molecule has 1 aromatic carbocycles. The van der Waals surface area contributed by atoms with Crippen LogP contribution in [0.25, 0.3) is 11.9 Å². The van der Waals surface area contributed by atoms with Gasteiger partial charge in [-0.1, -0.05) is 30.3 Å². The lowest BCUT2D eigenvalue weighted by atomic mass is 10.2. The molecule has 144 valence electrons. The van der Waals surface area contributed by atoms with Crippen LogP contribution in [0.5, 0.6) is 0 Å². The van der Waals surface area contributed by atoms with E-state index in [-0.39, 0.29) is 0 Å². The largest absolute Gasteiger partial charge is 0.352 e. The number of rotatable bonds is 5. The quantitative estimate of drug-likeness (QED) is 0.654. The fourth-order valence-electron chi connectivity index (χ4n) is 3.00. The highest BCUT2D eigenvalue weighted by molar-refractivity contribution is 7.92. The van der Waals surface area contributed by atoms with Gasteiger partial charge in [-0.25, -0.2) is 13.1 Å². The van der Waals surface area contributed by atoms with Crippen molar-refractivity contribution in [3.8, 4) is 5.82 Å². The van der Waals surface area contributed by atoms with Crippen molar-refractivity contribution in [2.75, 3.05) is 31.1 Å². The van der Waals surface area contributed by atoms with Gasteiger partial charge >= 0.3 is 0 Å². The molecule has 8 nitrogen and oxygen atoms in total. The molecule has 0 atom stereocenters. The smallest absolute Gasteiger partial charge is 0.236 e. The van der Waals surface area contributed by atoms with Crippen LogP contribution < -0.4 is 4.90 Å². The lowest BCUT2D eigenvalue weighted by Crippen LogP contribution is -2.48. The zero-order valence-corrected chi connectivity index (χ0v) is 16.0. The van der Waals surface area contributed by atoms with Crippen molar-refractivity contribution in [2.24, 2.45) is 0 Å². The molecule has 0 unspecified atom stereocenters. The van der Waals surface area contributed by atoms with Gasteiger partial charge in [-0.05, 0) is 29.8 Å². The summed E-state index contributed by atoms with van der Waals surface area (Å²) in [6.07, 6.45) is 5.11. The van der Waals surface area contributed by atoms with E-state index < -0.39 is 10.0 Å². The molecule has 0 amide bonds. The van der Waals surface area contributed by atoms with Gasteiger partial charge in [-0.3, -0.25) is 0 Å². The number of nitrogens with zero attached hydrogens (tertiary/aromatic N) is 6. The SMILES string of the molecule is O=S(=O)(/C=C/c1ccccc1)N1CCN(c2ccc(-n3cccn3)nn2)CC1. The van der Waals surface area contributed by atoms with Crippen molar-refractivity contribution in [3.63, 3.8) is 0 Å². The van der Waals surface area contributed by atoms with E-state index in [4.69, 9.17) is 0 Å². The van der Waals surface area contributed by atoms with Gasteiger partial charge in [0, 0.05) is 44.0 Å². The summed E-state index contributed by atoms with van der Waals surface area (Å²) in [5, 5.41) is 13.8. The van der Waals surface area contributed by atoms with Gasteiger partial charge in [0.2, 0.25) is 10.0 Å². The summed E-state index contributed by atoms with van der Waals surface area (Å²) in [4.78, 5) is 2.03. The molecule has 0 N–H and O–H groups in total. The molecule has 2 aromatic heterocycles. The van der Waals surface area contributed by atoms with Crippen molar-refractivity contribution in [1.82, 2.24) is 24.3 Å². The van der Waals surface area contributed by atoms with E-state index in [0.29, 0.717) is 32.0 Å². The minimum Gasteiger partial charge on any atom is -0.352 e. The van der Waals surface area contributed by atoms with Crippen molar-refractivity contribution in [1.29, 1.82) is 0 Å². The van der Waals surface area contributed by atoms with Gasteiger partial charge in [0.15, 0.2) is 11.6 Å². The number of hydrogen-bond acceptors (Lipinski definition) is 6. The Morgan fingerprint density at radius 3 is 2.21 bits per heavy atom. The molecular weight excluding hydrogens is 376 g/mol. The average molecular weight is 396 g/mol. The van der Waals surface area contributed by atoms with Crippen LogP contribution in [0.3, 0.4) is 0 Å². The van der Waals surface area contributed by atoms with Gasteiger partial charge in [0.25, 0.3) is 0 Å². The lowest BCUT2D eigenvalue weighted by molar-refractivity contribution is 0.388. The van der Waals surface area contributed by atoms with Crippen LogP contribution in [0.2, 0.25) is 0 Å². The molecule has 28 heavy (non-hydrogen) atoms. The van der Waals surface area contributed by atoms with Crippen molar-refractivity contribution >= 4 is 21.9 Å². The summed E-state index contributed by atoms with van der Waals surface area (Å²) < 4.78 is 28.3. The highest BCUT2D eigenvalue weighted by Crippen LogP contribution is 2.17. The van der Waals surface area contributed by atoms with Gasteiger partial charge in [-0.15, -0.1) is 10.2 Å². The van der Waals surface area contributed by atoms with E-state index in [1.54, 1.807) is 23.2 Å². The Balaban J connectivity index is 1.38. The van der Waals surface area contributed by atoms with Gasteiger partial charge in [-0.2, -0.15) is 9.40 Å². The number of aromatic nitrogens is 4. The number of sulfonamides is 1. The van der Waals surface area contributed by atoms with Crippen LogP contribution in [-0.4, -0.2) is 58.9 Å². The first-order valence-electron chi connectivity index (χ1n) is 8.94. The summed E-state index contributed by atoms with van der Waals surface area (Å²) in [6, 6.07) is 14.9. The second kappa shape index (κ2) is 7.91. The van der Waals surface area contributed by atoms with Gasteiger partial charge < -0.3 is 4.90 Å². The summed E-state index contributed by atoms with van der Waals surface area (Å²) in [7, 11) is -3.45. The Bertz CT molecular complexity index is 1030. The monoisotopic (exact) mass is 396 g/mol. The molecule has 0 radical (unpaired) electrons. The Labute approximate surface area is 163 Å². The minimum atomic E-state index is -3.45. The normalized spacial score (nSPS) is 15.9. The zero-order valence-electron chi connectivity index (χ0n) is 15.2. The molecule has 3 heterocycles. The van der Waals surface area contributed by atoms with Crippen LogP contribution >= 0.6 is 0 Å². The van der Waals surface area contributed by atoms with Crippen LogP contribution in [-0.2, 0) is 10.0 Å². The van der Waals surface area contributed by atoms with E-state index in [0.717, 1.165) is 11.4 Å². The summed E-state index contributed by atoms with van der Waals surface area (Å²) >= 11 is 0. The molecule has 1 saturated heterocycles. The second-order valence-electron chi connectivity index (χ2n) is 6.34. The van der Waals surface area contributed by atoms with E-state index in [9.17, 15) is 8.42 Å². The lowest BCUT2D eigenvalue weighted by Gasteiger charge is -2.33. The Hall–Kier alpha value is -3.04. The maximum Gasteiger partial charge on any atom is 0.236 e. The molecule has 0 aliphatic carbocycles. The summed E-state index contributed by atoms with van der Waals surface area (Å²) in [6.45, 7) is 1.94. The first-order chi connectivity index (χ1) is 13.6. The van der Waals surface area contributed by atoms with E-state index in [1.807, 2.05) is 53.4 Å². The number of hydrogen-bond donors (Lipinski definition) is 0. The second-order valence-corrected chi connectivity index (χ2v) is 8.16. The highest BCUT2D eigenvalue weighted by Gasteiger charge is 2.25. The van der Waals surface area contributed by atoms with Crippen LogP contribution in [0.1, 0.15) is 5.56 Å². The Morgan fingerprint density at radius 1 is 0.857 bits per heavy atom. The third kappa shape index (κ3) is 4.10. The maximum absolute atomic E-state index is 12.6. The first kappa shape index (κ1) is 18.3. The summed E-state index contributed by atoms with van der Waals surface area (Å²) in [5.74, 6) is 1.37. The molecule has 1 aliphatic heterocycles. The van der Waals surface area contributed by atoms with Gasteiger partial charge in [0.1, 0.15) is 0 Å². The molecule has 1 fully saturated rings. The van der Waals surface area contributed by atoms with Crippen molar-refractivity contribution in [3.05, 3.63) is 71.9 Å². The molecule has 3 aromatic rings. The van der Waals surface area contributed by atoms with Crippen molar-refractivity contribution < 1.29 is 8.42 Å². The fraction of sp³-hybridized carbons (Fsp3) is 0.211. The van der Waals surface area contributed by atoms with Gasteiger partial charge in [0.05, 0.1) is 0 Å². The first-order valence-corrected chi connectivity index (χ1v) is 10.4. The third-order valence-electron chi connectivity index (χ3n) is 4.53. The van der Waals surface area contributed by atoms with E-state index in [1.165, 1.54) is 9.71 Å². The number of piperazine rings is 1. The average Bonchev–Trinajstić information content (AvgIpc) is 3.28. The fourth-order valence-corrected chi connectivity index (χ4v) is 4.17. The molecule has 0 bridgehead atoms. The molecule has 4 rings (SSSR count). The molecule has 1 aliphatic rings. The predicted molar refractivity (Wildman–Crippen MR) is 107 cm³/mol. The van der Waals surface area contributed by atoms with Crippen molar-refractivity contribution in [2.45, 2.75) is 0 Å². The zero-order chi connectivity index (χ0) is 19.4. The maximum atomic E-state index is 12.6. The predicted octanol–water partition coefficient (Wildman–Crippen LogP) is 1.79. The molecule has 0 saturated carbocycles. The third-order valence-corrected chi connectivity index (χ3v) is 6.10. The van der Waals surface area contributed by atoms with E-state index in [2.05, 4.69) is 15.3 Å².